The highest BCUT2D eigenvalue weighted by molar-refractivity contribution is 6.63. The second-order valence-corrected chi connectivity index (χ2v) is 4.61. The molecule has 1 aromatic carbocycles. The summed E-state index contributed by atoms with van der Waals surface area (Å²) < 4.78 is 0. The van der Waals surface area contributed by atoms with Gasteiger partial charge in [0, 0.05) is 12.5 Å². The molecule has 0 bridgehead atoms. The summed E-state index contributed by atoms with van der Waals surface area (Å²) in [5.74, 6) is 0.0987. The number of unbranched alkanes of at least 4 members (excludes halogenated alkanes) is 1. The van der Waals surface area contributed by atoms with Crippen LogP contribution in [0.3, 0.4) is 0 Å². The van der Waals surface area contributed by atoms with Crippen LogP contribution in [-0.2, 0) is 11.3 Å². The molecule has 0 saturated heterocycles. The van der Waals surface area contributed by atoms with Crippen molar-refractivity contribution in [2.24, 2.45) is 11.7 Å². The van der Waals surface area contributed by atoms with E-state index >= 15 is 0 Å². The van der Waals surface area contributed by atoms with Crippen molar-refractivity contribution >= 4 is 16.8 Å². The average Bonchev–Trinajstić information content (AvgIpc) is 2.41. The molecule has 0 amide bonds. The molecule has 1 aromatic rings. The minimum atomic E-state index is -0.170. The highest BCUT2D eigenvalue weighted by Crippen LogP contribution is 2.14. The molecule has 102 valence electrons. The van der Waals surface area contributed by atoms with Gasteiger partial charge in [-0.25, -0.2) is 0 Å². The van der Waals surface area contributed by atoms with E-state index in [0.29, 0.717) is 6.54 Å². The third-order valence-corrected chi connectivity index (χ3v) is 3.11. The standard InChI is InChI=1S/C8H15ClO.C7H9N/c1-3-5-6-7(4-2)8(9)10;8-6-7-4-2-1-3-5-7/h7H,3-6H2,1-2H3;1-5H,6,8H2. The zero-order valence-electron chi connectivity index (χ0n) is 11.4. The minimum absolute atomic E-state index is 0.0987. The molecule has 2 N–H and O–H groups in total. The van der Waals surface area contributed by atoms with Crippen molar-refractivity contribution in [3.05, 3.63) is 35.9 Å². The van der Waals surface area contributed by atoms with Gasteiger partial charge in [0.15, 0.2) is 0 Å². The van der Waals surface area contributed by atoms with Crippen LogP contribution in [-0.4, -0.2) is 5.24 Å². The lowest BCUT2D eigenvalue weighted by atomic mass is 10.0. The zero-order chi connectivity index (χ0) is 13.8. The molecule has 3 heteroatoms. The van der Waals surface area contributed by atoms with E-state index in [1.165, 1.54) is 5.56 Å². The Hall–Kier alpha value is -0.860. The maximum atomic E-state index is 10.6. The quantitative estimate of drug-likeness (QED) is 0.790. The van der Waals surface area contributed by atoms with Gasteiger partial charge in [0.05, 0.1) is 0 Å². The van der Waals surface area contributed by atoms with Crippen LogP contribution in [0.4, 0.5) is 0 Å². The summed E-state index contributed by atoms with van der Waals surface area (Å²) in [6, 6.07) is 9.99. The molecule has 0 spiro atoms. The topological polar surface area (TPSA) is 43.1 Å². The Morgan fingerprint density at radius 1 is 1.28 bits per heavy atom. The van der Waals surface area contributed by atoms with Crippen molar-refractivity contribution in [2.75, 3.05) is 0 Å². The van der Waals surface area contributed by atoms with Gasteiger partial charge in [0.1, 0.15) is 0 Å². The van der Waals surface area contributed by atoms with E-state index in [2.05, 4.69) is 6.92 Å². The van der Waals surface area contributed by atoms with E-state index in [4.69, 9.17) is 17.3 Å². The van der Waals surface area contributed by atoms with Crippen molar-refractivity contribution in [3.63, 3.8) is 0 Å². The van der Waals surface area contributed by atoms with E-state index in [1.54, 1.807) is 0 Å². The van der Waals surface area contributed by atoms with Crippen LogP contribution < -0.4 is 5.73 Å². The van der Waals surface area contributed by atoms with Crippen LogP contribution >= 0.6 is 11.6 Å². The zero-order valence-corrected chi connectivity index (χ0v) is 12.1. The molecule has 18 heavy (non-hydrogen) atoms. The summed E-state index contributed by atoms with van der Waals surface area (Å²) in [6.45, 7) is 4.76. The van der Waals surface area contributed by atoms with E-state index in [1.807, 2.05) is 37.3 Å². The van der Waals surface area contributed by atoms with Gasteiger partial charge in [-0.2, -0.15) is 0 Å². The van der Waals surface area contributed by atoms with Crippen molar-refractivity contribution < 1.29 is 4.79 Å². The van der Waals surface area contributed by atoms with Gasteiger partial charge in [0.2, 0.25) is 5.24 Å². The summed E-state index contributed by atoms with van der Waals surface area (Å²) in [5, 5.41) is -0.170. The van der Waals surface area contributed by atoms with E-state index in [9.17, 15) is 4.79 Å². The molecule has 1 atom stereocenters. The van der Waals surface area contributed by atoms with Gasteiger partial charge in [-0.1, -0.05) is 57.0 Å². The van der Waals surface area contributed by atoms with E-state index in [-0.39, 0.29) is 11.2 Å². The normalized spacial score (nSPS) is 11.3. The SMILES string of the molecule is CCCCC(CC)C(=O)Cl.NCc1ccccc1. The molecule has 2 nitrogen and oxygen atoms in total. The monoisotopic (exact) mass is 269 g/mol. The van der Waals surface area contributed by atoms with Crippen LogP contribution in [0.25, 0.3) is 0 Å². The Bertz CT molecular complexity index is 314. The smallest absolute Gasteiger partial charge is 0.224 e. The first-order valence-corrected chi connectivity index (χ1v) is 6.96. The van der Waals surface area contributed by atoms with E-state index < -0.39 is 0 Å². The van der Waals surface area contributed by atoms with Crippen molar-refractivity contribution in [2.45, 2.75) is 46.1 Å². The lowest BCUT2D eigenvalue weighted by molar-refractivity contribution is -0.115. The van der Waals surface area contributed by atoms with E-state index in [0.717, 1.165) is 25.7 Å². The number of rotatable bonds is 6. The fraction of sp³-hybridized carbons (Fsp3) is 0.533. The Labute approximate surface area is 116 Å². The molecule has 1 rings (SSSR count). The molecule has 0 aliphatic heterocycles. The predicted molar refractivity (Wildman–Crippen MR) is 78.5 cm³/mol. The third kappa shape index (κ3) is 8.26. The highest BCUT2D eigenvalue weighted by atomic mass is 35.5. The molecule has 0 aliphatic carbocycles. The van der Waals surface area contributed by atoms with Crippen molar-refractivity contribution in [1.82, 2.24) is 0 Å². The fourth-order valence-corrected chi connectivity index (χ4v) is 1.81. The lowest BCUT2D eigenvalue weighted by Crippen LogP contribution is -2.06. The first kappa shape index (κ1) is 17.1. The molecule has 0 saturated carbocycles. The summed E-state index contributed by atoms with van der Waals surface area (Å²) in [5.41, 5.74) is 6.54. The average molecular weight is 270 g/mol. The minimum Gasteiger partial charge on any atom is -0.326 e. The van der Waals surface area contributed by atoms with Crippen LogP contribution in [0.5, 0.6) is 0 Å². The summed E-state index contributed by atoms with van der Waals surface area (Å²) >= 11 is 5.34. The summed E-state index contributed by atoms with van der Waals surface area (Å²) in [4.78, 5) is 10.6. The first-order chi connectivity index (χ1) is 8.65. The predicted octanol–water partition coefficient (Wildman–Crippen LogP) is 4.11. The molecule has 0 aliphatic rings. The molecule has 0 aromatic heterocycles. The maximum absolute atomic E-state index is 10.6. The summed E-state index contributed by atoms with van der Waals surface area (Å²) in [7, 11) is 0. The molecule has 0 heterocycles. The molecular formula is C15H24ClNO. The molecule has 0 radical (unpaired) electrons. The van der Waals surface area contributed by atoms with Gasteiger partial charge in [-0.3, -0.25) is 4.79 Å². The number of carbonyl (C=O) groups excluding carboxylic acids is 1. The van der Waals surface area contributed by atoms with Crippen LogP contribution in [0.1, 0.15) is 45.1 Å². The Morgan fingerprint density at radius 2 is 1.89 bits per heavy atom. The molecule has 1 unspecified atom stereocenters. The highest BCUT2D eigenvalue weighted by Gasteiger charge is 2.11. The first-order valence-electron chi connectivity index (χ1n) is 6.58. The summed E-state index contributed by atoms with van der Waals surface area (Å²) in [6.07, 6.45) is 4.08. The van der Waals surface area contributed by atoms with Crippen molar-refractivity contribution in [1.29, 1.82) is 0 Å². The Kier molecular flexibility index (Phi) is 10.7. The van der Waals surface area contributed by atoms with Gasteiger partial charge in [0.25, 0.3) is 0 Å². The van der Waals surface area contributed by atoms with Gasteiger partial charge >= 0.3 is 0 Å². The molecule has 0 fully saturated rings. The number of carbonyl (C=O) groups is 1. The Balaban J connectivity index is 0.000000327. The van der Waals surface area contributed by atoms with Gasteiger partial charge in [-0.05, 0) is 30.0 Å². The second-order valence-electron chi connectivity index (χ2n) is 4.24. The maximum Gasteiger partial charge on any atom is 0.224 e. The van der Waals surface area contributed by atoms with Crippen LogP contribution in [0.15, 0.2) is 30.3 Å². The number of benzene rings is 1. The third-order valence-electron chi connectivity index (χ3n) is 2.80. The molecular weight excluding hydrogens is 246 g/mol. The lowest BCUT2D eigenvalue weighted by Gasteiger charge is -2.06. The van der Waals surface area contributed by atoms with Crippen molar-refractivity contribution in [3.8, 4) is 0 Å². The fourth-order valence-electron chi connectivity index (χ4n) is 1.54. The largest absolute Gasteiger partial charge is 0.326 e. The number of halogens is 1. The van der Waals surface area contributed by atoms with Gasteiger partial charge < -0.3 is 5.73 Å². The number of nitrogens with two attached hydrogens (primary N) is 1. The van der Waals surface area contributed by atoms with Crippen LogP contribution in [0.2, 0.25) is 0 Å². The van der Waals surface area contributed by atoms with Gasteiger partial charge in [-0.15, -0.1) is 0 Å². The number of hydrogen-bond donors (Lipinski definition) is 1. The Morgan fingerprint density at radius 3 is 2.22 bits per heavy atom. The number of hydrogen-bond acceptors (Lipinski definition) is 2. The second kappa shape index (κ2) is 11.2. The van der Waals surface area contributed by atoms with Crippen LogP contribution in [0, 0.1) is 5.92 Å².